The lowest BCUT2D eigenvalue weighted by Crippen LogP contribution is -2.67. The van der Waals surface area contributed by atoms with Crippen LogP contribution in [0.15, 0.2) is 115 Å². The maximum absolute atomic E-state index is 14.1. The van der Waals surface area contributed by atoms with Crippen LogP contribution in [0.25, 0.3) is 11.4 Å². The van der Waals surface area contributed by atoms with Crippen LogP contribution >= 0.6 is 0 Å². The van der Waals surface area contributed by atoms with E-state index in [0.717, 1.165) is 12.3 Å². The van der Waals surface area contributed by atoms with E-state index in [9.17, 15) is 37.5 Å². The topological polar surface area (TPSA) is 163 Å². The number of aliphatic hydroxyl groups is 1. The maximum Gasteiger partial charge on any atom is 0.416 e. The predicted octanol–water partition coefficient (Wildman–Crippen LogP) is 3.26. The van der Waals surface area contributed by atoms with Crippen molar-refractivity contribution in [2.24, 2.45) is 5.73 Å². The van der Waals surface area contributed by atoms with E-state index >= 15 is 0 Å². The first kappa shape index (κ1) is 35.3. The molecule has 14 heteroatoms. The van der Waals surface area contributed by atoms with Gasteiger partial charge in [0.15, 0.2) is 6.10 Å². The molecule has 0 aliphatic rings. The third-order valence-corrected chi connectivity index (χ3v) is 7.08. The molecule has 0 aliphatic carbocycles. The summed E-state index contributed by atoms with van der Waals surface area (Å²) in [4.78, 5) is 57.8. The average Bonchev–Trinajstić information content (AvgIpc) is 3.08. The van der Waals surface area contributed by atoms with Gasteiger partial charge in [-0.1, -0.05) is 85.5 Å². The fourth-order valence-electron chi connectivity index (χ4n) is 4.71. The van der Waals surface area contributed by atoms with Gasteiger partial charge in [0.25, 0.3) is 17.1 Å². The first-order chi connectivity index (χ1) is 22.9. The molecule has 0 saturated carbocycles. The Morgan fingerprint density at radius 1 is 0.958 bits per heavy atom. The fraction of sp³-hybridized carbons (Fsp3) is 0.206. The van der Waals surface area contributed by atoms with Gasteiger partial charge in [-0.25, -0.2) is 14.6 Å². The molecular weight excluding hydrogens is 633 g/mol. The second-order valence-corrected chi connectivity index (χ2v) is 10.5. The largest absolute Gasteiger partial charge is 0.458 e. The Morgan fingerprint density at radius 2 is 1.60 bits per heavy atom. The van der Waals surface area contributed by atoms with Crippen LogP contribution in [0, 0.1) is 0 Å². The second-order valence-electron chi connectivity index (χ2n) is 10.5. The molecule has 4 rings (SSSR count). The third-order valence-electron chi connectivity index (χ3n) is 7.08. The summed E-state index contributed by atoms with van der Waals surface area (Å²) in [6, 6.07) is 20.1. The predicted molar refractivity (Wildman–Crippen MR) is 167 cm³/mol. The summed E-state index contributed by atoms with van der Waals surface area (Å²) in [6.07, 6.45) is -6.33. The SMILES string of the molecule is C=CCOC(=O)c1cccc(COC(=O)C(N)(C(=O)NC(Cc2ccccc2)C(O)C(F)(F)F)n2c(-c3ccccc3)nccc2=O)c1. The van der Waals surface area contributed by atoms with Gasteiger partial charge in [0.05, 0.1) is 11.6 Å². The van der Waals surface area contributed by atoms with Gasteiger partial charge in [0, 0.05) is 17.8 Å². The van der Waals surface area contributed by atoms with Crippen molar-refractivity contribution in [2.45, 2.75) is 37.0 Å². The minimum absolute atomic E-state index is 0.0548. The highest BCUT2D eigenvalue weighted by Crippen LogP contribution is 2.26. The molecular formula is C34H31F3N4O7. The van der Waals surface area contributed by atoms with Gasteiger partial charge in [-0.3, -0.25) is 19.9 Å². The molecule has 0 fully saturated rings. The Balaban J connectivity index is 1.77. The summed E-state index contributed by atoms with van der Waals surface area (Å²) in [5.41, 5.74) is 3.20. The van der Waals surface area contributed by atoms with Crippen LogP contribution in [0.2, 0.25) is 0 Å². The van der Waals surface area contributed by atoms with Crippen LogP contribution < -0.4 is 16.6 Å². The van der Waals surface area contributed by atoms with Crippen molar-refractivity contribution in [3.8, 4) is 11.4 Å². The van der Waals surface area contributed by atoms with Crippen LogP contribution in [-0.4, -0.2) is 57.4 Å². The molecule has 250 valence electrons. The summed E-state index contributed by atoms with van der Waals surface area (Å²) in [7, 11) is 0. The molecule has 4 aromatic rings. The van der Waals surface area contributed by atoms with Crippen LogP contribution in [0.5, 0.6) is 0 Å². The van der Waals surface area contributed by atoms with E-state index in [-0.39, 0.29) is 29.1 Å². The zero-order valence-electron chi connectivity index (χ0n) is 25.3. The quantitative estimate of drug-likeness (QED) is 0.111. The highest BCUT2D eigenvalue weighted by Gasteiger charge is 2.51. The van der Waals surface area contributed by atoms with E-state index in [0.29, 0.717) is 10.1 Å². The smallest absolute Gasteiger partial charge is 0.416 e. The standard InChI is InChI=1S/C34H31F3N4O7/c1-2-18-47-30(44)25-15-9-12-23(19-25)21-48-32(46)33(38,41-27(42)16-17-39-29(41)24-13-7-4-8-14-24)31(45)40-26(28(43)34(35,36)37)20-22-10-5-3-6-11-22/h2-17,19,26,28,43H,1,18,20-21,38H2,(H,40,45). The Morgan fingerprint density at radius 3 is 2.25 bits per heavy atom. The number of rotatable bonds is 13. The zero-order valence-corrected chi connectivity index (χ0v) is 25.3. The first-order valence-electron chi connectivity index (χ1n) is 14.4. The van der Waals surface area contributed by atoms with Crippen molar-refractivity contribution in [1.29, 1.82) is 0 Å². The summed E-state index contributed by atoms with van der Waals surface area (Å²) >= 11 is 0. The average molecular weight is 665 g/mol. The number of carbonyl (C=O) groups is 3. The summed E-state index contributed by atoms with van der Waals surface area (Å²) in [5, 5.41) is 12.3. The molecule has 0 bridgehead atoms. The van der Waals surface area contributed by atoms with Crippen LogP contribution in [-0.2, 0) is 37.8 Å². The Hall–Kier alpha value is -5.60. The molecule has 3 aromatic carbocycles. The number of halogens is 3. The Labute approximate surface area is 272 Å². The molecule has 1 heterocycles. The number of nitrogens with two attached hydrogens (primary N) is 1. The number of nitrogens with zero attached hydrogens (tertiary/aromatic N) is 2. The lowest BCUT2D eigenvalue weighted by Gasteiger charge is -2.33. The number of nitrogens with one attached hydrogen (secondary N) is 1. The molecule has 0 aliphatic heterocycles. The van der Waals surface area contributed by atoms with Crippen molar-refractivity contribution >= 4 is 17.8 Å². The lowest BCUT2D eigenvalue weighted by atomic mass is 9.99. The summed E-state index contributed by atoms with van der Waals surface area (Å²) in [5.74, 6) is -4.11. The number of aliphatic hydroxyl groups excluding tert-OH is 1. The third kappa shape index (κ3) is 8.21. The number of hydrogen-bond acceptors (Lipinski definition) is 9. The van der Waals surface area contributed by atoms with Crippen LogP contribution in [0.4, 0.5) is 13.2 Å². The van der Waals surface area contributed by atoms with Gasteiger partial charge in [0.1, 0.15) is 19.0 Å². The van der Waals surface area contributed by atoms with Gasteiger partial charge >= 0.3 is 18.1 Å². The first-order valence-corrected chi connectivity index (χ1v) is 14.4. The monoisotopic (exact) mass is 664 g/mol. The fourth-order valence-corrected chi connectivity index (χ4v) is 4.71. The van der Waals surface area contributed by atoms with Crippen molar-refractivity contribution in [1.82, 2.24) is 14.9 Å². The molecule has 3 unspecified atom stereocenters. The van der Waals surface area contributed by atoms with E-state index in [4.69, 9.17) is 15.2 Å². The number of benzene rings is 3. The highest BCUT2D eigenvalue weighted by molar-refractivity contribution is 6.05. The molecule has 1 amide bonds. The van der Waals surface area contributed by atoms with Crippen molar-refractivity contribution in [2.75, 3.05) is 6.61 Å². The number of esters is 2. The van der Waals surface area contributed by atoms with Crippen LogP contribution in [0.3, 0.4) is 0 Å². The molecule has 0 saturated heterocycles. The number of alkyl halides is 3. The van der Waals surface area contributed by atoms with E-state index in [1.807, 2.05) is 5.32 Å². The van der Waals surface area contributed by atoms with Crippen molar-refractivity contribution in [3.63, 3.8) is 0 Å². The lowest BCUT2D eigenvalue weighted by molar-refractivity contribution is -0.212. The number of carbonyl (C=O) groups excluding carboxylic acids is 3. The van der Waals surface area contributed by atoms with Gasteiger partial charge in [-0.05, 0) is 29.7 Å². The zero-order chi connectivity index (χ0) is 34.9. The molecule has 11 nitrogen and oxygen atoms in total. The van der Waals surface area contributed by atoms with Gasteiger partial charge < -0.3 is 19.9 Å². The van der Waals surface area contributed by atoms with Crippen molar-refractivity contribution < 1.29 is 42.1 Å². The molecule has 4 N–H and O–H groups in total. The Bertz CT molecular complexity index is 1820. The minimum atomic E-state index is -5.19. The second kappa shape index (κ2) is 15.3. The van der Waals surface area contributed by atoms with Gasteiger partial charge in [-0.2, -0.15) is 13.2 Å². The number of aromatic nitrogens is 2. The highest BCUT2D eigenvalue weighted by atomic mass is 19.4. The van der Waals surface area contributed by atoms with E-state index < -0.39 is 60.4 Å². The Kier molecular flexibility index (Phi) is 11.3. The normalized spacial score (nSPS) is 13.8. The maximum atomic E-state index is 14.1. The number of amides is 1. The van der Waals surface area contributed by atoms with Crippen LogP contribution in [0.1, 0.15) is 21.5 Å². The molecule has 48 heavy (non-hydrogen) atoms. The van der Waals surface area contributed by atoms with Gasteiger partial charge in [-0.15, -0.1) is 0 Å². The van der Waals surface area contributed by atoms with E-state index in [1.165, 1.54) is 54.6 Å². The van der Waals surface area contributed by atoms with E-state index in [1.54, 1.807) is 36.4 Å². The minimum Gasteiger partial charge on any atom is -0.458 e. The van der Waals surface area contributed by atoms with Gasteiger partial charge in [0.2, 0.25) is 0 Å². The summed E-state index contributed by atoms with van der Waals surface area (Å²) < 4.78 is 52.4. The number of ether oxygens (including phenoxy) is 2. The molecule has 1 aromatic heterocycles. The number of hydrogen-bond donors (Lipinski definition) is 3. The summed E-state index contributed by atoms with van der Waals surface area (Å²) in [6.45, 7) is 2.83. The van der Waals surface area contributed by atoms with Crippen molar-refractivity contribution in [3.05, 3.63) is 137 Å². The molecule has 0 radical (unpaired) electrons. The molecule has 3 atom stereocenters. The van der Waals surface area contributed by atoms with E-state index in [2.05, 4.69) is 11.6 Å². The molecule has 0 spiro atoms.